The minimum absolute atomic E-state index is 0.281. The van der Waals surface area contributed by atoms with Crippen LogP contribution in [0.5, 0.6) is 5.88 Å². The Balaban J connectivity index is 2.12. The van der Waals surface area contributed by atoms with Crippen molar-refractivity contribution in [2.45, 2.75) is 32.1 Å². The zero-order valence-corrected chi connectivity index (χ0v) is 16.1. The van der Waals surface area contributed by atoms with Gasteiger partial charge in [-0.2, -0.15) is 10.5 Å². The highest BCUT2D eigenvalue weighted by atomic mass is 19.1. The van der Waals surface area contributed by atoms with Crippen molar-refractivity contribution in [3.8, 4) is 18.0 Å². The van der Waals surface area contributed by atoms with Gasteiger partial charge in [-0.1, -0.05) is 19.1 Å². The van der Waals surface area contributed by atoms with Crippen molar-refractivity contribution in [2.75, 3.05) is 7.11 Å². The Kier molecular flexibility index (Phi) is 5.29. The molecule has 0 N–H and O–H groups in total. The van der Waals surface area contributed by atoms with Crippen molar-refractivity contribution in [1.82, 2.24) is 4.98 Å². The lowest BCUT2D eigenvalue weighted by Crippen LogP contribution is -2.24. The number of nitrogens with zero attached hydrogens (tertiary/aromatic N) is 3. The van der Waals surface area contributed by atoms with E-state index >= 15 is 4.39 Å². The summed E-state index contributed by atoms with van der Waals surface area (Å²) >= 11 is 0. The Morgan fingerprint density at radius 2 is 1.96 bits per heavy atom. The number of fused-ring (bicyclic) bond motifs is 1. The molecule has 0 aliphatic rings. The molecule has 0 amide bonds. The maximum Gasteiger partial charge on any atom is 0.216 e. The van der Waals surface area contributed by atoms with E-state index in [-0.39, 0.29) is 12.0 Å². The fraction of sp³-hybridized carbons (Fsp3) is 0.261. The van der Waals surface area contributed by atoms with Crippen LogP contribution in [-0.4, -0.2) is 12.1 Å². The van der Waals surface area contributed by atoms with Crippen molar-refractivity contribution < 1.29 is 9.13 Å². The highest BCUT2D eigenvalue weighted by Crippen LogP contribution is 2.33. The van der Waals surface area contributed by atoms with Crippen LogP contribution in [0.3, 0.4) is 0 Å². The summed E-state index contributed by atoms with van der Waals surface area (Å²) < 4.78 is 20.4. The summed E-state index contributed by atoms with van der Waals surface area (Å²) in [5.74, 6) is 0.0648. The minimum atomic E-state index is -1.11. The Bertz CT molecular complexity index is 1130. The van der Waals surface area contributed by atoms with Crippen molar-refractivity contribution in [1.29, 1.82) is 10.5 Å². The first-order valence-electron chi connectivity index (χ1n) is 9.02. The SMILES string of the molecule is CCc1cc2cc(F)c(C(C)(C#N)Cc3cccc(C#N)c3)cc2nc1OC. The van der Waals surface area contributed by atoms with Crippen LogP contribution in [0.1, 0.15) is 36.1 Å². The van der Waals surface area contributed by atoms with Crippen LogP contribution in [0.4, 0.5) is 4.39 Å². The highest BCUT2D eigenvalue weighted by Gasteiger charge is 2.31. The molecule has 0 spiro atoms. The summed E-state index contributed by atoms with van der Waals surface area (Å²) in [5, 5.41) is 19.6. The van der Waals surface area contributed by atoms with Gasteiger partial charge in [-0.25, -0.2) is 9.37 Å². The second-order valence-corrected chi connectivity index (χ2v) is 6.97. The predicted octanol–water partition coefficient (Wildman–Crippen LogP) is 4.84. The third-order valence-corrected chi connectivity index (χ3v) is 4.97. The number of rotatable bonds is 5. The number of halogens is 1. The third-order valence-electron chi connectivity index (χ3n) is 4.97. The maximum absolute atomic E-state index is 15.0. The normalized spacial score (nSPS) is 12.8. The molecule has 140 valence electrons. The van der Waals surface area contributed by atoms with E-state index in [4.69, 9.17) is 10.00 Å². The number of hydrogen-bond donors (Lipinski definition) is 0. The van der Waals surface area contributed by atoms with Crippen molar-refractivity contribution in [3.63, 3.8) is 0 Å². The first-order valence-corrected chi connectivity index (χ1v) is 9.02. The molecule has 5 heteroatoms. The summed E-state index contributed by atoms with van der Waals surface area (Å²) in [6.07, 6.45) is 1.01. The lowest BCUT2D eigenvalue weighted by atomic mass is 9.78. The standard InChI is InChI=1S/C23H20FN3O/c1-4-17-9-18-10-20(24)19(11-21(18)27-22(17)28-3)23(2,14-26)12-15-6-5-7-16(8-15)13-25/h5-11H,4,12H2,1-3H3. The highest BCUT2D eigenvalue weighted by molar-refractivity contribution is 5.81. The average Bonchev–Trinajstić information content (AvgIpc) is 2.72. The number of aryl methyl sites for hydroxylation is 1. The van der Waals surface area contributed by atoms with Gasteiger partial charge in [0, 0.05) is 16.5 Å². The molecule has 0 saturated heterocycles. The molecule has 0 aliphatic heterocycles. The Morgan fingerprint density at radius 1 is 1.18 bits per heavy atom. The molecule has 0 saturated carbocycles. The summed E-state index contributed by atoms with van der Waals surface area (Å²) in [5.41, 5.74) is 1.97. The van der Waals surface area contributed by atoms with Crippen LogP contribution in [0.2, 0.25) is 0 Å². The van der Waals surface area contributed by atoms with E-state index in [0.29, 0.717) is 22.3 Å². The monoisotopic (exact) mass is 373 g/mol. The fourth-order valence-corrected chi connectivity index (χ4v) is 3.43. The van der Waals surface area contributed by atoms with Crippen molar-refractivity contribution in [3.05, 3.63) is 70.5 Å². The molecular weight excluding hydrogens is 353 g/mol. The van der Waals surface area contributed by atoms with Gasteiger partial charge in [0.25, 0.3) is 0 Å². The number of ether oxygens (including phenoxy) is 1. The van der Waals surface area contributed by atoms with Crippen LogP contribution in [-0.2, 0) is 18.3 Å². The van der Waals surface area contributed by atoms with Gasteiger partial charge in [-0.15, -0.1) is 0 Å². The molecule has 3 rings (SSSR count). The zero-order valence-electron chi connectivity index (χ0n) is 16.1. The first kappa shape index (κ1) is 19.3. The van der Waals surface area contributed by atoms with Gasteiger partial charge in [0.15, 0.2) is 0 Å². The van der Waals surface area contributed by atoms with Gasteiger partial charge in [0.2, 0.25) is 5.88 Å². The van der Waals surface area contributed by atoms with Gasteiger partial charge < -0.3 is 4.74 Å². The topological polar surface area (TPSA) is 69.7 Å². The van der Waals surface area contributed by atoms with E-state index in [1.165, 1.54) is 6.07 Å². The molecule has 28 heavy (non-hydrogen) atoms. The molecular formula is C23H20FN3O. The third kappa shape index (κ3) is 3.52. The molecule has 4 nitrogen and oxygen atoms in total. The molecule has 1 unspecified atom stereocenters. The number of pyridine rings is 1. The number of methoxy groups -OCH3 is 1. The van der Waals surface area contributed by atoms with E-state index < -0.39 is 11.2 Å². The number of hydrogen-bond acceptors (Lipinski definition) is 4. The van der Waals surface area contributed by atoms with E-state index in [2.05, 4.69) is 17.1 Å². The molecule has 0 radical (unpaired) electrons. The quantitative estimate of drug-likeness (QED) is 0.642. The smallest absolute Gasteiger partial charge is 0.216 e. The summed E-state index contributed by atoms with van der Waals surface area (Å²) in [6.45, 7) is 3.69. The number of benzene rings is 2. The molecule has 1 aromatic heterocycles. The van der Waals surface area contributed by atoms with Gasteiger partial charge in [-0.3, -0.25) is 0 Å². The predicted molar refractivity (Wildman–Crippen MR) is 105 cm³/mol. The van der Waals surface area contributed by atoms with Crippen LogP contribution < -0.4 is 4.74 Å². The number of aromatic nitrogens is 1. The molecule has 2 aromatic carbocycles. The van der Waals surface area contributed by atoms with Gasteiger partial charge in [0.1, 0.15) is 5.82 Å². The largest absolute Gasteiger partial charge is 0.481 e. The zero-order chi connectivity index (χ0) is 20.3. The summed E-state index contributed by atoms with van der Waals surface area (Å²) in [6, 6.07) is 16.3. The Hall–Kier alpha value is -3.44. The van der Waals surface area contributed by atoms with Crippen LogP contribution in [0.25, 0.3) is 10.9 Å². The first-order chi connectivity index (χ1) is 13.4. The van der Waals surface area contributed by atoms with Crippen molar-refractivity contribution in [2.24, 2.45) is 0 Å². The fourth-order valence-electron chi connectivity index (χ4n) is 3.43. The molecule has 0 bridgehead atoms. The molecule has 1 heterocycles. The molecule has 0 fully saturated rings. The minimum Gasteiger partial charge on any atom is -0.481 e. The molecule has 1 atom stereocenters. The molecule has 3 aromatic rings. The van der Waals surface area contributed by atoms with Gasteiger partial charge in [0.05, 0.1) is 35.7 Å². The van der Waals surface area contributed by atoms with E-state index in [1.54, 1.807) is 38.3 Å². The van der Waals surface area contributed by atoms with E-state index in [0.717, 1.165) is 17.5 Å². The second-order valence-electron chi connectivity index (χ2n) is 6.97. The maximum atomic E-state index is 15.0. The lowest BCUT2D eigenvalue weighted by molar-refractivity contribution is 0.394. The summed E-state index contributed by atoms with van der Waals surface area (Å²) in [4.78, 5) is 4.51. The van der Waals surface area contributed by atoms with Crippen LogP contribution in [0.15, 0.2) is 42.5 Å². The Labute approximate surface area is 163 Å². The summed E-state index contributed by atoms with van der Waals surface area (Å²) in [7, 11) is 1.55. The van der Waals surface area contributed by atoms with E-state index in [9.17, 15) is 5.26 Å². The van der Waals surface area contributed by atoms with Crippen molar-refractivity contribution >= 4 is 10.9 Å². The molecule has 0 aliphatic carbocycles. The van der Waals surface area contributed by atoms with Gasteiger partial charge in [-0.05, 0) is 55.7 Å². The van der Waals surface area contributed by atoms with Crippen LogP contribution >= 0.6 is 0 Å². The number of nitriles is 2. The van der Waals surface area contributed by atoms with Gasteiger partial charge >= 0.3 is 0 Å². The van der Waals surface area contributed by atoms with E-state index in [1.807, 2.05) is 19.1 Å². The second kappa shape index (κ2) is 7.66. The lowest BCUT2D eigenvalue weighted by Gasteiger charge is -2.23. The average molecular weight is 373 g/mol. The van der Waals surface area contributed by atoms with Crippen LogP contribution in [0, 0.1) is 28.5 Å². The Morgan fingerprint density at radius 3 is 2.61 bits per heavy atom.